The Kier molecular flexibility index (Phi) is 3.54. The number of aromatic nitrogens is 1. The zero-order valence-electron chi connectivity index (χ0n) is 7.83. The summed E-state index contributed by atoms with van der Waals surface area (Å²) in [6.07, 6.45) is -3.15. The molecule has 1 N–H and O–H groups in total. The molecule has 0 amide bonds. The number of hydrogen-bond acceptors (Lipinski definition) is 4. The van der Waals surface area contributed by atoms with E-state index < -0.39 is 31.5 Å². The van der Waals surface area contributed by atoms with Gasteiger partial charge in [-0.05, 0) is 0 Å². The lowest BCUT2D eigenvalue weighted by Crippen LogP contribution is -2.18. The summed E-state index contributed by atoms with van der Waals surface area (Å²) >= 11 is 0. The first-order chi connectivity index (χ1) is 7.27. The van der Waals surface area contributed by atoms with E-state index in [1.165, 1.54) is 0 Å². The van der Waals surface area contributed by atoms with Crippen molar-refractivity contribution in [3.05, 3.63) is 22.0 Å². The molecule has 5 nitrogen and oxygen atoms in total. The number of hydrogen-bond donors (Lipinski definition) is 1. The van der Waals surface area contributed by atoms with Crippen LogP contribution in [0.1, 0.15) is 12.0 Å². The molecule has 0 aliphatic carbocycles. The van der Waals surface area contributed by atoms with E-state index in [1.807, 2.05) is 4.98 Å². The molecule has 0 spiro atoms. The van der Waals surface area contributed by atoms with Crippen LogP contribution in [0.5, 0.6) is 5.88 Å². The van der Waals surface area contributed by atoms with Gasteiger partial charge in [-0.15, -0.1) is 0 Å². The molecule has 90 valence electrons. The van der Waals surface area contributed by atoms with Gasteiger partial charge in [-0.3, -0.25) is 9.78 Å². The average Bonchev–Trinajstić information content (AvgIpc) is 2.14. The fourth-order valence-corrected chi connectivity index (χ4v) is 2.25. The molecular formula is C7H6ClF2NO4S. The van der Waals surface area contributed by atoms with Crippen LogP contribution < -0.4 is 10.3 Å². The summed E-state index contributed by atoms with van der Waals surface area (Å²) in [6.45, 7) is 0. The van der Waals surface area contributed by atoms with Crippen molar-refractivity contribution in [2.45, 2.75) is 11.3 Å². The lowest BCUT2D eigenvalue weighted by atomic mass is 10.3. The van der Waals surface area contributed by atoms with Crippen molar-refractivity contribution in [2.24, 2.45) is 0 Å². The number of pyridine rings is 1. The van der Waals surface area contributed by atoms with Crippen molar-refractivity contribution in [3.63, 3.8) is 0 Å². The number of aromatic amines is 1. The van der Waals surface area contributed by atoms with Gasteiger partial charge in [0.25, 0.3) is 21.0 Å². The molecule has 0 aliphatic rings. The van der Waals surface area contributed by atoms with Crippen molar-refractivity contribution in [1.82, 2.24) is 4.98 Å². The second-order valence-electron chi connectivity index (χ2n) is 2.69. The van der Waals surface area contributed by atoms with Crippen molar-refractivity contribution in [3.8, 4) is 5.88 Å². The first-order valence-corrected chi connectivity index (χ1v) is 6.12. The highest BCUT2D eigenvalue weighted by Gasteiger charge is 2.26. The van der Waals surface area contributed by atoms with Gasteiger partial charge >= 0.3 is 0 Å². The molecule has 0 aromatic carbocycles. The maximum absolute atomic E-state index is 12.5. The maximum atomic E-state index is 12.5. The molecule has 0 fully saturated rings. The second kappa shape index (κ2) is 4.38. The van der Waals surface area contributed by atoms with Gasteiger partial charge in [-0.25, -0.2) is 17.2 Å². The van der Waals surface area contributed by atoms with E-state index in [0.717, 1.165) is 7.11 Å². The summed E-state index contributed by atoms with van der Waals surface area (Å²) in [4.78, 5) is 12.0. The minimum absolute atomic E-state index is 0.274. The number of H-pyrrole nitrogens is 1. The number of ether oxygens (including phenoxy) is 1. The van der Waals surface area contributed by atoms with Crippen LogP contribution in [0.25, 0.3) is 0 Å². The third-order valence-corrected chi connectivity index (χ3v) is 3.06. The number of halogens is 3. The number of rotatable bonds is 3. The van der Waals surface area contributed by atoms with Crippen LogP contribution in [0.4, 0.5) is 8.78 Å². The molecule has 0 atom stereocenters. The van der Waals surface area contributed by atoms with Gasteiger partial charge in [0.05, 0.1) is 7.11 Å². The van der Waals surface area contributed by atoms with Crippen LogP contribution in [0.2, 0.25) is 0 Å². The monoisotopic (exact) mass is 273 g/mol. The van der Waals surface area contributed by atoms with Gasteiger partial charge in [0.2, 0.25) is 0 Å². The minimum atomic E-state index is -4.54. The van der Waals surface area contributed by atoms with Gasteiger partial charge in [0, 0.05) is 22.3 Å². The van der Waals surface area contributed by atoms with E-state index in [4.69, 9.17) is 10.7 Å². The summed E-state index contributed by atoms with van der Waals surface area (Å²) in [5.41, 5.74) is -2.24. The summed E-state index contributed by atoms with van der Waals surface area (Å²) in [5, 5.41) is 0. The Morgan fingerprint density at radius 2 is 2.06 bits per heavy atom. The molecule has 1 aromatic heterocycles. The van der Waals surface area contributed by atoms with Crippen LogP contribution in [0.3, 0.4) is 0 Å². The van der Waals surface area contributed by atoms with Crippen LogP contribution >= 0.6 is 10.7 Å². The molecular weight excluding hydrogens is 268 g/mol. The lowest BCUT2D eigenvalue weighted by molar-refractivity contribution is 0.147. The van der Waals surface area contributed by atoms with Crippen molar-refractivity contribution in [2.75, 3.05) is 7.11 Å². The first-order valence-electron chi connectivity index (χ1n) is 3.81. The molecule has 0 bridgehead atoms. The Hall–Kier alpha value is -1.15. The molecule has 0 unspecified atom stereocenters. The van der Waals surface area contributed by atoms with E-state index in [9.17, 15) is 22.0 Å². The van der Waals surface area contributed by atoms with E-state index in [2.05, 4.69) is 4.74 Å². The lowest BCUT2D eigenvalue weighted by Gasteiger charge is -2.07. The quantitative estimate of drug-likeness (QED) is 0.841. The second-order valence-corrected chi connectivity index (χ2v) is 5.19. The zero-order chi connectivity index (χ0) is 12.5. The molecule has 16 heavy (non-hydrogen) atoms. The predicted molar refractivity (Wildman–Crippen MR) is 51.6 cm³/mol. The summed E-state index contributed by atoms with van der Waals surface area (Å²) in [6, 6.07) is 0.710. The highest BCUT2D eigenvalue weighted by atomic mass is 35.7. The average molecular weight is 274 g/mol. The SMILES string of the molecule is COc1cc(C(F)F)c(S(=O)(=O)Cl)c(=O)[nH]1. The highest BCUT2D eigenvalue weighted by molar-refractivity contribution is 8.13. The normalized spacial score (nSPS) is 11.8. The molecule has 0 aliphatic heterocycles. The molecule has 9 heteroatoms. The Morgan fingerprint density at radius 1 is 1.50 bits per heavy atom. The number of methoxy groups -OCH3 is 1. The van der Waals surface area contributed by atoms with Crippen LogP contribution in [0.15, 0.2) is 15.8 Å². The Morgan fingerprint density at radius 3 is 2.44 bits per heavy atom. The first kappa shape index (κ1) is 12.9. The van der Waals surface area contributed by atoms with Gasteiger partial charge in [-0.2, -0.15) is 0 Å². The standard InChI is InChI=1S/C7H6ClF2NO4S/c1-15-4-2-3(6(9)10)5(7(12)11-4)16(8,13)14/h2,6H,1H3,(H,11,12). The van der Waals surface area contributed by atoms with Crippen LogP contribution in [-0.2, 0) is 9.05 Å². The molecule has 1 aromatic rings. The van der Waals surface area contributed by atoms with Gasteiger partial charge < -0.3 is 4.74 Å². The third kappa shape index (κ3) is 2.50. The number of alkyl halides is 2. The fourth-order valence-electron chi connectivity index (χ4n) is 1.07. The number of nitrogens with one attached hydrogen (secondary N) is 1. The van der Waals surface area contributed by atoms with Gasteiger partial charge in [0.1, 0.15) is 0 Å². The van der Waals surface area contributed by atoms with Crippen LogP contribution in [0, 0.1) is 0 Å². The molecule has 1 rings (SSSR count). The Bertz CT molecular complexity index is 554. The van der Waals surface area contributed by atoms with Crippen LogP contribution in [-0.4, -0.2) is 20.5 Å². The van der Waals surface area contributed by atoms with E-state index >= 15 is 0 Å². The third-order valence-electron chi connectivity index (χ3n) is 1.69. The fraction of sp³-hybridized carbons (Fsp3) is 0.286. The largest absolute Gasteiger partial charge is 0.482 e. The minimum Gasteiger partial charge on any atom is -0.482 e. The van der Waals surface area contributed by atoms with Gasteiger partial charge in [0.15, 0.2) is 10.8 Å². The summed E-state index contributed by atoms with van der Waals surface area (Å²) in [5.74, 6) is -0.274. The molecule has 1 heterocycles. The summed E-state index contributed by atoms with van der Waals surface area (Å²) < 4.78 is 51.5. The highest BCUT2D eigenvalue weighted by Crippen LogP contribution is 2.27. The van der Waals surface area contributed by atoms with Crippen molar-refractivity contribution >= 4 is 19.7 Å². The smallest absolute Gasteiger partial charge is 0.271 e. The zero-order valence-corrected chi connectivity index (χ0v) is 9.40. The topological polar surface area (TPSA) is 76.2 Å². The maximum Gasteiger partial charge on any atom is 0.271 e. The van der Waals surface area contributed by atoms with E-state index in [0.29, 0.717) is 6.07 Å². The molecule has 0 saturated carbocycles. The predicted octanol–water partition coefficient (Wildman–Crippen LogP) is 1.25. The van der Waals surface area contributed by atoms with Crippen molar-refractivity contribution < 1.29 is 21.9 Å². The molecule has 0 saturated heterocycles. The Balaban J connectivity index is 3.67. The molecule has 0 radical (unpaired) electrons. The summed E-state index contributed by atoms with van der Waals surface area (Å²) in [7, 11) is 1.48. The van der Waals surface area contributed by atoms with Crippen molar-refractivity contribution in [1.29, 1.82) is 0 Å². The van der Waals surface area contributed by atoms with Gasteiger partial charge in [-0.1, -0.05) is 0 Å². The Labute approximate surface area is 93.4 Å². The van der Waals surface area contributed by atoms with E-state index in [1.54, 1.807) is 0 Å². The van der Waals surface area contributed by atoms with E-state index in [-0.39, 0.29) is 5.88 Å².